The van der Waals surface area contributed by atoms with E-state index in [-0.39, 0.29) is 4.91 Å². The Kier molecular flexibility index (Phi) is 5.51. The van der Waals surface area contributed by atoms with Crippen LogP contribution < -0.4 is 9.64 Å². The number of piperidine rings is 1. The van der Waals surface area contributed by atoms with Crippen molar-refractivity contribution >= 4 is 40.6 Å². The number of carbonyl (C=O) groups excluding carboxylic acids is 2. The number of imide groups is 1. The maximum Gasteiger partial charge on any atom is 0.323 e. The summed E-state index contributed by atoms with van der Waals surface area (Å²) in [7, 11) is 1.56. The van der Waals surface area contributed by atoms with Crippen molar-refractivity contribution in [3.05, 3.63) is 28.7 Å². The molecule has 0 aromatic heterocycles. The van der Waals surface area contributed by atoms with Crippen LogP contribution in [0.5, 0.6) is 5.75 Å². The third-order valence-corrected chi connectivity index (χ3v) is 5.30. The molecule has 0 unspecified atom stereocenters. The molecule has 1 N–H and O–H groups in total. The summed E-state index contributed by atoms with van der Waals surface area (Å²) in [6.45, 7) is 1.39. The number of rotatable bonds is 5. The van der Waals surface area contributed by atoms with Gasteiger partial charge in [0.1, 0.15) is 12.3 Å². The average molecular weight is 376 g/mol. The summed E-state index contributed by atoms with van der Waals surface area (Å²) in [4.78, 5) is 38.2. The van der Waals surface area contributed by atoms with E-state index in [2.05, 4.69) is 4.90 Å². The number of hydrogen-bond donors (Lipinski definition) is 1. The summed E-state index contributed by atoms with van der Waals surface area (Å²) in [5.41, 5.74) is 1.74. The second kappa shape index (κ2) is 7.82. The summed E-state index contributed by atoms with van der Waals surface area (Å²) in [5, 5.41) is 8.25. The number of amides is 2. The highest BCUT2D eigenvalue weighted by Crippen LogP contribution is 2.35. The van der Waals surface area contributed by atoms with Crippen molar-refractivity contribution in [2.45, 2.75) is 19.3 Å². The lowest BCUT2D eigenvalue weighted by Crippen LogP contribution is -2.33. The van der Waals surface area contributed by atoms with E-state index in [1.165, 1.54) is 19.3 Å². The molecule has 0 radical (unpaired) electrons. The molecule has 2 saturated heterocycles. The van der Waals surface area contributed by atoms with Gasteiger partial charge in [0.25, 0.3) is 11.1 Å². The van der Waals surface area contributed by atoms with Gasteiger partial charge in [0.05, 0.1) is 12.0 Å². The Morgan fingerprint density at radius 3 is 2.65 bits per heavy atom. The molecule has 2 aliphatic rings. The lowest BCUT2D eigenvalue weighted by atomic mass is 10.1. The number of hydrogen-bond acceptors (Lipinski definition) is 6. The molecule has 0 spiro atoms. The summed E-state index contributed by atoms with van der Waals surface area (Å²) in [6.07, 6.45) is 5.16. The molecule has 26 heavy (non-hydrogen) atoms. The van der Waals surface area contributed by atoms with Crippen molar-refractivity contribution in [2.75, 3.05) is 31.6 Å². The maximum atomic E-state index is 12.3. The van der Waals surface area contributed by atoms with Crippen LogP contribution in [0.3, 0.4) is 0 Å². The highest BCUT2D eigenvalue weighted by atomic mass is 32.2. The number of aliphatic carboxylic acids is 1. The van der Waals surface area contributed by atoms with Crippen molar-refractivity contribution in [3.8, 4) is 5.75 Å². The number of thioether (sulfide) groups is 1. The molecular formula is C18H20N2O5S. The molecule has 1 aromatic carbocycles. The molecular weight excluding hydrogens is 356 g/mol. The zero-order valence-electron chi connectivity index (χ0n) is 14.4. The number of carboxylic acid groups (broad SMARTS) is 1. The van der Waals surface area contributed by atoms with Crippen LogP contribution in [-0.4, -0.2) is 53.9 Å². The zero-order valence-corrected chi connectivity index (χ0v) is 15.3. The van der Waals surface area contributed by atoms with Crippen LogP contribution in [-0.2, 0) is 9.59 Å². The first-order valence-electron chi connectivity index (χ1n) is 8.40. The van der Waals surface area contributed by atoms with Crippen molar-refractivity contribution in [1.29, 1.82) is 0 Å². The van der Waals surface area contributed by atoms with Crippen molar-refractivity contribution in [2.24, 2.45) is 0 Å². The Balaban J connectivity index is 1.85. The molecule has 7 nitrogen and oxygen atoms in total. The number of methoxy groups -OCH3 is 1. The minimum Gasteiger partial charge on any atom is -0.496 e. The van der Waals surface area contributed by atoms with Crippen LogP contribution in [0, 0.1) is 0 Å². The first-order valence-corrected chi connectivity index (χ1v) is 9.21. The molecule has 2 fully saturated rings. The smallest absolute Gasteiger partial charge is 0.323 e. The van der Waals surface area contributed by atoms with E-state index in [9.17, 15) is 14.4 Å². The number of carboxylic acids is 1. The standard InChI is InChI=1S/C18H20N2O5S/c1-25-14-10-13(19-7-3-2-4-8-19)6-5-12(14)9-15-17(23)20(11-16(21)22)18(24)26-15/h5-6,9-10H,2-4,7-8,11H2,1H3,(H,21,22)/b15-9+. The minimum absolute atomic E-state index is 0.195. The quantitative estimate of drug-likeness (QED) is 0.791. The molecule has 8 heteroatoms. The van der Waals surface area contributed by atoms with Crippen molar-refractivity contribution in [1.82, 2.24) is 4.90 Å². The lowest BCUT2D eigenvalue weighted by molar-refractivity contribution is -0.140. The molecule has 3 rings (SSSR count). The van der Waals surface area contributed by atoms with E-state index in [4.69, 9.17) is 9.84 Å². The van der Waals surface area contributed by atoms with Crippen molar-refractivity contribution < 1.29 is 24.2 Å². The Morgan fingerprint density at radius 2 is 2.00 bits per heavy atom. The van der Waals surface area contributed by atoms with Gasteiger partial charge in [-0.25, -0.2) is 0 Å². The highest BCUT2D eigenvalue weighted by molar-refractivity contribution is 8.18. The largest absolute Gasteiger partial charge is 0.496 e. The molecule has 0 bridgehead atoms. The number of benzene rings is 1. The fraction of sp³-hybridized carbons (Fsp3) is 0.389. The second-order valence-electron chi connectivity index (χ2n) is 6.14. The van der Waals surface area contributed by atoms with Gasteiger partial charge in [-0.05, 0) is 49.2 Å². The molecule has 0 atom stereocenters. The first-order chi connectivity index (χ1) is 12.5. The number of nitrogens with zero attached hydrogens (tertiary/aromatic N) is 2. The van der Waals surface area contributed by atoms with Gasteiger partial charge in [-0.2, -0.15) is 0 Å². The van der Waals surface area contributed by atoms with Crippen LogP contribution >= 0.6 is 11.8 Å². The summed E-state index contributed by atoms with van der Waals surface area (Å²) < 4.78 is 5.46. The molecule has 2 aliphatic heterocycles. The third-order valence-electron chi connectivity index (χ3n) is 4.39. The minimum atomic E-state index is -1.22. The molecule has 1 aromatic rings. The van der Waals surface area contributed by atoms with E-state index in [0.29, 0.717) is 11.3 Å². The fourth-order valence-corrected chi connectivity index (χ4v) is 3.91. The summed E-state index contributed by atoms with van der Waals surface area (Å²) in [5.74, 6) is -1.21. The zero-order chi connectivity index (χ0) is 18.7. The van der Waals surface area contributed by atoms with Gasteiger partial charge in [-0.3, -0.25) is 19.3 Å². The Labute approximate surface area is 155 Å². The van der Waals surface area contributed by atoms with Crippen LogP contribution in [0.25, 0.3) is 6.08 Å². The normalized spacial score (nSPS) is 19.3. The molecule has 2 amide bonds. The predicted molar refractivity (Wildman–Crippen MR) is 99.4 cm³/mol. The van der Waals surface area contributed by atoms with E-state index >= 15 is 0 Å². The second-order valence-corrected chi connectivity index (χ2v) is 7.13. The summed E-state index contributed by atoms with van der Waals surface area (Å²) in [6, 6.07) is 5.76. The summed E-state index contributed by atoms with van der Waals surface area (Å²) >= 11 is 0.739. The Hall–Kier alpha value is -2.48. The van der Waals surface area contributed by atoms with Crippen LogP contribution in [0.2, 0.25) is 0 Å². The maximum absolute atomic E-state index is 12.3. The average Bonchev–Trinajstić information content (AvgIpc) is 2.90. The van der Waals surface area contributed by atoms with Gasteiger partial charge < -0.3 is 14.7 Å². The monoisotopic (exact) mass is 376 g/mol. The topological polar surface area (TPSA) is 87.2 Å². The van der Waals surface area contributed by atoms with Gasteiger partial charge in [0, 0.05) is 30.4 Å². The SMILES string of the molecule is COc1cc(N2CCCCC2)ccc1/C=C1/SC(=O)N(CC(=O)O)C1=O. The van der Waals surface area contributed by atoms with Gasteiger partial charge in [-0.1, -0.05) is 0 Å². The van der Waals surface area contributed by atoms with Gasteiger partial charge in [0.2, 0.25) is 0 Å². The van der Waals surface area contributed by atoms with Gasteiger partial charge >= 0.3 is 5.97 Å². The Morgan fingerprint density at radius 1 is 1.27 bits per heavy atom. The molecule has 2 heterocycles. The molecule has 0 saturated carbocycles. The molecule has 0 aliphatic carbocycles. The van der Waals surface area contributed by atoms with Crippen molar-refractivity contribution in [3.63, 3.8) is 0 Å². The van der Waals surface area contributed by atoms with E-state index in [1.807, 2.05) is 18.2 Å². The van der Waals surface area contributed by atoms with Crippen LogP contribution in [0.4, 0.5) is 10.5 Å². The van der Waals surface area contributed by atoms with Crippen LogP contribution in [0.15, 0.2) is 23.1 Å². The highest BCUT2D eigenvalue weighted by Gasteiger charge is 2.36. The first kappa shape index (κ1) is 18.3. The number of carbonyl (C=O) groups is 3. The van der Waals surface area contributed by atoms with Gasteiger partial charge in [-0.15, -0.1) is 0 Å². The predicted octanol–water partition coefficient (Wildman–Crippen LogP) is 2.81. The molecule has 138 valence electrons. The van der Waals surface area contributed by atoms with E-state index in [1.54, 1.807) is 13.2 Å². The van der Waals surface area contributed by atoms with E-state index in [0.717, 1.165) is 35.4 Å². The fourth-order valence-electron chi connectivity index (χ4n) is 3.08. The Bertz CT molecular complexity index is 771. The van der Waals surface area contributed by atoms with Gasteiger partial charge in [0.15, 0.2) is 0 Å². The third kappa shape index (κ3) is 3.85. The van der Waals surface area contributed by atoms with Crippen LogP contribution in [0.1, 0.15) is 24.8 Å². The van der Waals surface area contributed by atoms with E-state index < -0.39 is 23.7 Å². The lowest BCUT2D eigenvalue weighted by Gasteiger charge is -2.29. The number of anilines is 1. The number of ether oxygens (including phenoxy) is 1.